The number of nitrogens with zero attached hydrogens (tertiary/aromatic N) is 4. The van der Waals surface area contributed by atoms with Gasteiger partial charge in [-0.2, -0.15) is 5.26 Å². The Morgan fingerprint density at radius 3 is 2.26 bits per heavy atom. The van der Waals surface area contributed by atoms with Crippen LogP contribution in [0.3, 0.4) is 0 Å². The first-order valence-electron chi connectivity index (χ1n) is 12.9. The van der Waals surface area contributed by atoms with Crippen molar-refractivity contribution < 1.29 is 9.21 Å². The fourth-order valence-electron chi connectivity index (χ4n) is 4.84. The Balaban J connectivity index is 1.44. The van der Waals surface area contributed by atoms with E-state index in [0.717, 1.165) is 17.1 Å². The number of aromatic nitrogens is 2. The Morgan fingerprint density at radius 1 is 0.929 bits per heavy atom. The van der Waals surface area contributed by atoms with Crippen molar-refractivity contribution in [2.24, 2.45) is 7.05 Å². The van der Waals surface area contributed by atoms with Crippen molar-refractivity contribution in [1.29, 1.82) is 5.26 Å². The first-order valence-corrected chi connectivity index (χ1v) is 13.8. The van der Waals surface area contributed by atoms with E-state index in [9.17, 15) is 19.6 Å². The number of carbonyl (C=O) groups excluding carboxylic acids is 1. The molecule has 0 saturated carbocycles. The molecule has 6 rings (SSSR count). The topological polar surface area (TPSA) is 113 Å². The van der Waals surface area contributed by atoms with Gasteiger partial charge in [0, 0.05) is 23.5 Å². The molecule has 0 fully saturated rings. The first-order chi connectivity index (χ1) is 20.4. The number of carbonyl (C=O) groups is 1. The Bertz CT molecular complexity index is 2080. The highest BCUT2D eigenvalue weighted by atomic mass is 32.2. The second-order valence-electron chi connectivity index (χ2n) is 9.46. The molecule has 9 nitrogen and oxygen atoms in total. The van der Waals surface area contributed by atoms with Crippen molar-refractivity contribution in [2.45, 2.75) is 6.92 Å². The molecule has 0 saturated heterocycles. The number of fused-ring (bicyclic) bond motifs is 1. The number of nitriles is 1. The Hall–Kier alpha value is -5.53. The first kappa shape index (κ1) is 26.7. The number of thioether (sulfide) groups is 1. The second kappa shape index (κ2) is 10.8. The molecule has 1 amide bonds. The average molecular weight is 574 g/mol. The third-order valence-electron chi connectivity index (χ3n) is 7.00. The average Bonchev–Trinajstić information content (AvgIpc) is 3.53. The van der Waals surface area contributed by atoms with Crippen LogP contribution in [0.1, 0.15) is 11.3 Å². The van der Waals surface area contributed by atoms with E-state index in [0.29, 0.717) is 33.4 Å². The molecule has 0 radical (unpaired) electrons. The smallest absolute Gasteiger partial charge is 0.345 e. The zero-order chi connectivity index (χ0) is 29.4. The van der Waals surface area contributed by atoms with Gasteiger partial charge in [-0.15, -0.1) is 0 Å². The summed E-state index contributed by atoms with van der Waals surface area (Å²) in [5, 5.41) is 15.6. The van der Waals surface area contributed by atoms with Crippen molar-refractivity contribution in [3.63, 3.8) is 0 Å². The van der Waals surface area contributed by atoms with Crippen LogP contribution in [0.4, 0.5) is 11.4 Å². The van der Waals surface area contributed by atoms with E-state index in [2.05, 4.69) is 5.32 Å². The SMILES string of the molecule is Cc1c(NC(=O)/C(C#N)=C2\SC=C(c3cc4ccccc4oc3=O)N2c2ccccc2)c(=O)n(-c2ccccc2)n1C. The van der Waals surface area contributed by atoms with Crippen LogP contribution in [0.25, 0.3) is 22.4 Å². The molecule has 1 N–H and O–H groups in total. The van der Waals surface area contributed by atoms with Crippen molar-refractivity contribution >= 4 is 45.7 Å². The molecule has 42 heavy (non-hydrogen) atoms. The van der Waals surface area contributed by atoms with E-state index in [-0.39, 0.29) is 16.8 Å². The molecule has 0 unspecified atom stereocenters. The summed E-state index contributed by atoms with van der Waals surface area (Å²) in [6, 6.07) is 29.1. The lowest BCUT2D eigenvalue weighted by molar-refractivity contribution is -0.112. The van der Waals surface area contributed by atoms with E-state index in [1.54, 1.807) is 59.3 Å². The largest absolute Gasteiger partial charge is 0.422 e. The van der Waals surface area contributed by atoms with Crippen LogP contribution in [-0.4, -0.2) is 15.3 Å². The van der Waals surface area contributed by atoms with Gasteiger partial charge in [-0.25, -0.2) is 9.48 Å². The van der Waals surface area contributed by atoms with Gasteiger partial charge in [0.15, 0.2) is 0 Å². The van der Waals surface area contributed by atoms with E-state index < -0.39 is 17.1 Å². The lowest BCUT2D eigenvalue weighted by Crippen LogP contribution is -2.26. The molecule has 5 aromatic rings. The quantitative estimate of drug-likeness (QED) is 0.167. The third kappa shape index (κ3) is 4.52. The number of para-hydroxylation sites is 3. The molecule has 0 spiro atoms. The molecule has 0 bridgehead atoms. The maximum Gasteiger partial charge on any atom is 0.345 e. The van der Waals surface area contributed by atoms with Crippen LogP contribution in [0.5, 0.6) is 0 Å². The Kier molecular flexibility index (Phi) is 6.86. The molecule has 0 atom stereocenters. The lowest BCUT2D eigenvalue weighted by atomic mass is 10.1. The fourth-order valence-corrected chi connectivity index (χ4v) is 5.86. The Morgan fingerprint density at radius 2 is 1.57 bits per heavy atom. The fraction of sp³-hybridized carbons (Fsp3) is 0.0625. The van der Waals surface area contributed by atoms with E-state index in [4.69, 9.17) is 4.42 Å². The molecule has 0 aliphatic carbocycles. The Labute approximate surface area is 244 Å². The maximum absolute atomic E-state index is 13.7. The molecule has 1 aliphatic rings. The zero-order valence-electron chi connectivity index (χ0n) is 22.6. The molecule has 3 aromatic carbocycles. The molecule has 1 aliphatic heterocycles. The van der Waals surface area contributed by atoms with Crippen molar-refractivity contribution in [3.05, 3.63) is 139 Å². The summed E-state index contributed by atoms with van der Waals surface area (Å²) < 4.78 is 8.67. The molecule has 2 aromatic heterocycles. The van der Waals surface area contributed by atoms with Gasteiger partial charge in [-0.05, 0) is 43.3 Å². The van der Waals surface area contributed by atoms with Crippen molar-refractivity contribution in [2.75, 3.05) is 10.2 Å². The summed E-state index contributed by atoms with van der Waals surface area (Å²) >= 11 is 1.14. The van der Waals surface area contributed by atoms with Gasteiger partial charge in [0.1, 0.15) is 27.9 Å². The van der Waals surface area contributed by atoms with Crippen LogP contribution < -0.4 is 21.4 Å². The van der Waals surface area contributed by atoms with Crippen LogP contribution >= 0.6 is 11.8 Å². The summed E-state index contributed by atoms with van der Waals surface area (Å²) in [5.41, 5.74) is 1.87. The van der Waals surface area contributed by atoms with Crippen LogP contribution in [-0.2, 0) is 11.8 Å². The van der Waals surface area contributed by atoms with Crippen molar-refractivity contribution in [3.8, 4) is 11.8 Å². The number of nitrogens with one attached hydrogen (secondary N) is 1. The van der Waals surface area contributed by atoms with Gasteiger partial charge in [0.2, 0.25) is 0 Å². The standard InChI is InChI=1S/C32H23N5O4S/c1-20-28(30(39)37(35(20)2)23-14-7-4-8-15-23)34-29(38)25(18-33)31-36(22-12-5-3-6-13-22)26(19-42-31)24-17-21-11-9-10-16-27(21)41-32(24)40/h3-17,19H,1-2H3,(H,34,38)/b31-25-. The van der Waals surface area contributed by atoms with Gasteiger partial charge in [-0.1, -0.05) is 66.4 Å². The number of amides is 1. The normalized spacial score (nSPS) is 14.0. The van der Waals surface area contributed by atoms with E-state index in [1.807, 2.05) is 66.7 Å². The van der Waals surface area contributed by atoms with Gasteiger partial charge in [0.05, 0.1) is 22.6 Å². The number of anilines is 2. The highest BCUT2D eigenvalue weighted by Crippen LogP contribution is 2.44. The number of rotatable bonds is 5. The van der Waals surface area contributed by atoms with E-state index >= 15 is 0 Å². The summed E-state index contributed by atoms with van der Waals surface area (Å²) in [4.78, 5) is 41.9. The summed E-state index contributed by atoms with van der Waals surface area (Å²) in [5.74, 6) is -0.743. The minimum atomic E-state index is -0.743. The van der Waals surface area contributed by atoms with Gasteiger partial charge >= 0.3 is 5.63 Å². The number of hydrogen-bond donors (Lipinski definition) is 1. The molecular weight excluding hydrogens is 550 g/mol. The van der Waals surface area contributed by atoms with Crippen LogP contribution in [0, 0.1) is 18.3 Å². The molecule has 206 valence electrons. The highest BCUT2D eigenvalue weighted by molar-refractivity contribution is 8.06. The third-order valence-corrected chi connectivity index (χ3v) is 7.95. The monoisotopic (exact) mass is 573 g/mol. The predicted molar refractivity (Wildman–Crippen MR) is 164 cm³/mol. The molecular formula is C32H23N5O4S. The second-order valence-corrected chi connectivity index (χ2v) is 10.3. The van der Waals surface area contributed by atoms with Gasteiger partial charge in [-0.3, -0.25) is 14.3 Å². The lowest BCUT2D eigenvalue weighted by Gasteiger charge is -2.24. The molecule has 3 heterocycles. The predicted octanol–water partition coefficient (Wildman–Crippen LogP) is 5.52. The number of hydrogen-bond acceptors (Lipinski definition) is 7. The minimum absolute atomic E-state index is 0.0670. The van der Waals surface area contributed by atoms with Gasteiger partial charge in [0.25, 0.3) is 11.5 Å². The van der Waals surface area contributed by atoms with Crippen LogP contribution in [0.2, 0.25) is 0 Å². The van der Waals surface area contributed by atoms with Crippen molar-refractivity contribution in [1.82, 2.24) is 9.36 Å². The number of benzene rings is 3. The van der Waals surface area contributed by atoms with Crippen LogP contribution in [0.15, 0.2) is 121 Å². The maximum atomic E-state index is 13.7. The van der Waals surface area contributed by atoms with E-state index in [1.165, 1.54) is 4.68 Å². The summed E-state index contributed by atoms with van der Waals surface area (Å²) in [6.45, 7) is 1.72. The minimum Gasteiger partial charge on any atom is -0.422 e. The zero-order valence-corrected chi connectivity index (χ0v) is 23.4. The summed E-state index contributed by atoms with van der Waals surface area (Å²) in [6.07, 6.45) is 0. The van der Waals surface area contributed by atoms with Gasteiger partial charge < -0.3 is 14.6 Å². The summed E-state index contributed by atoms with van der Waals surface area (Å²) in [7, 11) is 1.72. The molecule has 10 heteroatoms. The highest BCUT2D eigenvalue weighted by Gasteiger charge is 2.32.